The summed E-state index contributed by atoms with van der Waals surface area (Å²) in [6.07, 6.45) is 4.49. The maximum atomic E-state index is 11.5. The van der Waals surface area contributed by atoms with E-state index in [0.717, 1.165) is 25.9 Å². The van der Waals surface area contributed by atoms with E-state index in [1.807, 2.05) is 0 Å². The average Bonchev–Trinajstić information content (AvgIpc) is 2.40. The molecule has 2 atom stereocenters. The lowest BCUT2D eigenvalue weighted by atomic mass is 9.91. The number of carbonyl (C=O) groups excluding carboxylic acids is 1. The van der Waals surface area contributed by atoms with Crippen LogP contribution in [0.15, 0.2) is 0 Å². The summed E-state index contributed by atoms with van der Waals surface area (Å²) in [4.78, 5) is 11.5. The second-order valence-electron chi connectivity index (χ2n) is 3.74. The van der Waals surface area contributed by atoms with E-state index in [1.165, 1.54) is 12.8 Å². The van der Waals surface area contributed by atoms with E-state index in [-0.39, 0.29) is 0 Å². The summed E-state index contributed by atoms with van der Waals surface area (Å²) < 4.78 is 0. The first-order valence-corrected chi connectivity index (χ1v) is 4.61. The Kier molecular flexibility index (Phi) is 1.95. The van der Waals surface area contributed by atoms with E-state index >= 15 is 0 Å². The number of hydrogen-bond donors (Lipinski definition) is 1. The Balaban J connectivity index is 2.09. The summed E-state index contributed by atoms with van der Waals surface area (Å²) in [5.74, 6) is 1.56. The highest BCUT2D eigenvalue weighted by Crippen LogP contribution is 2.28. The third-order valence-electron chi connectivity index (χ3n) is 3.00. The molecule has 1 saturated heterocycles. The van der Waals surface area contributed by atoms with Crippen LogP contribution in [-0.4, -0.2) is 18.9 Å². The van der Waals surface area contributed by atoms with Crippen LogP contribution in [0.25, 0.3) is 0 Å². The smallest absolute Gasteiger partial charge is 0.137 e. The van der Waals surface area contributed by atoms with E-state index in [1.54, 1.807) is 0 Å². The summed E-state index contributed by atoms with van der Waals surface area (Å²) in [5, 5.41) is 3.30. The van der Waals surface area contributed by atoms with E-state index in [2.05, 4.69) is 5.32 Å². The van der Waals surface area contributed by atoms with Crippen molar-refractivity contribution in [1.29, 1.82) is 0 Å². The maximum absolute atomic E-state index is 11.5. The third-order valence-corrected chi connectivity index (χ3v) is 3.00. The molecule has 1 aliphatic heterocycles. The molecule has 0 aromatic rings. The van der Waals surface area contributed by atoms with Crippen LogP contribution in [0.5, 0.6) is 0 Å². The van der Waals surface area contributed by atoms with Crippen molar-refractivity contribution in [2.24, 2.45) is 11.8 Å². The van der Waals surface area contributed by atoms with Gasteiger partial charge in [0.15, 0.2) is 0 Å². The molecule has 62 valence electrons. The molecule has 0 bridgehead atoms. The van der Waals surface area contributed by atoms with Crippen molar-refractivity contribution in [3.63, 3.8) is 0 Å². The van der Waals surface area contributed by atoms with Gasteiger partial charge in [0, 0.05) is 18.9 Å². The molecule has 2 fully saturated rings. The number of ketones is 1. The van der Waals surface area contributed by atoms with Crippen LogP contribution in [0, 0.1) is 11.8 Å². The first kappa shape index (κ1) is 7.29. The van der Waals surface area contributed by atoms with E-state index in [4.69, 9.17) is 0 Å². The quantitative estimate of drug-likeness (QED) is 0.561. The first-order valence-electron chi connectivity index (χ1n) is 4.61. The Morgan fingerprint density at radius 1 is 1.27 bits per heavy atom. The van der Waals surface area contributed by atoms with Gasteiger partial charge in [-0.3, -0.25) is 4.79 Å². The fourth-order valence-electron chi connectivity index (χ4n) is 2.30. The third kappa shape index (κ3) is 1.32. The zero-order chi connectivity index (χ0) is 7.68. The molecular formula is C9H15NO. The van der Waals surface area contributed by atoms with Gasteiger partial charge in [-0.25, -0.2) is 0 Å². The molecule has 2 nitrogen and oxygen atoms in total. The number of carbonyl (C=O) groups is 1. The molecule has 2 heteroatoms. The molecule has 1 N–H and O–H groups in total. The summed E-state index contributed by atoms with van der Waals surface area (Å²) >= 11 is 0. The second kappa shape index (κ2) is 2.94. The van der Waals surface area contributed by atoms with Crippen LogP contribution in [0.1, 0.15) is 25.7 Å². The van der Waals surface area contributed by atoms with Crippen LogP contribution in [-0.2, 0) is 4.79 Å². The lowest BCUT2D eigenvalue weighted by Gasteiger charge is -2.11. The fourth-order valence-corrected chi connectivity index (χ4v) is 2.30. The Morgan fingerprint density at radius 3 is 3.09 bits per heavy atom. The summed E-state index contributed by atoms with van der Waals surface area (Å²) in [6.45, 7) is 2.03. The Labute approximate surface area is 67.4 Å². The van der Waals surface area contributed by atoms with Gasteiger partial charge < -0.3 is 5.32 Å². The molecule has 2 aliphatic rings. The molecule has 1 saturated carbocycles. The van der Waals surface area contributed by atoms with Crippen LogP contribution < -0.4 is 5.32 Å². The summed E-state index contributed by atoms with van der Waals surface area (Å²) in [6, 6.07) is 0. The largest absolute Gasteiger partial charge is 0.316 e. The van der Waals surface area contributed by atoms with Crippen LogP contribution >= 0.6 is 0 Å². The molecule has 0 spiro atoms. The number of fused-ring (bicyclic) bond motifs is 1. The van der Waals surface area contributed by atoms with Crippen molar-refractivity contribution in [2.75, 3.05) is 13.1 Å². The van der Waals surface area contributed by atoms with Crippen molar-refractivity contribution in [3.8, 4) is 0 Å². The van der Waals surface area contributed by atoms with Crippen molar-refractivity contribution in [3.05, 3.63) is 0 Å². The van der Waals surface area contributed by atoms with Gasteiger partial charge in [0.1, 0.15) is 5.78 Å². The lowest BCUT2D eigenvalue weighted by molar-refractivity contribution is -0.122. The van der Waals surface area contributed by atoms with Gasteiger partial charge in [0.05, 0.1) is 0 Å². The van der Waals surface area contributed by atoms with E-state index in [0.29, 0.717) is 17.6 Å². The van der Waals surface area contributed by atoms with E-state index < -0.39 is 0 Å². The molecular weight excluding hydrogens is 138 g/mol. The van der Waals surface area contributed by atoms with E-state index in [9.17, 15) is 4.79 Å². The van der Waals surface area contributed by atoms with Crippen LogP contribution in [0.3, 0.4) is 0 Å². The van der Waals surface area contributed by atoms with Gasteiger partial charge in [-0.2, -0.15) is 0 Å². The molecule has 11 heavy (non-hydrogen) atoms. The summed E-state index contributed by atoms with van der Waals surface area (Å²) in [5.41, 5.74) is 0. The molecule has 1 unspecified atom stereocenters. The van der Waals surface area contributed by atoms with Crippen molar-refractivity contribution in [2.45, 2.75) is 25.7 Å². The van der Waals surface area contributed by atoms with Gasteiger partial charge in [0.2, 0.25) is 0 Å². The van der Waals surface area contributed by atoms with Gasteiger partial charge in [0.25, 0.3) is 0 Å². The number of Topliss-reactive ketones (excluding diaryl/α,β-unsaturated/α-hetero) is 1. The van der Waals surface area contributed by atoms with Crippen molar-refractivity contribution < 1.29 is 4.79 Å². The Hall–Kier alpha value is -0.370. The first-order chi connectivity index (χ1) is 5.38. The number of rotatable bonds is 0. The zero-order valence-electron chi connectivity index (χ0n) is 6.81. The Bertz CT molecular complexity index is 167. The minimum absolute atomic E-state index is 0.373. The predicted molar refractivity (Wildman–Crippen MR) is 43.3 cm³/mol. The molecule has 1 heterocycles. The highest BCUT2D eigenvalue weighted by Gasteiger charge is 2.33. The average molecular weight is 153 g/mol. The standard InChI is InChI=1S/C9H15NO/c11-9-4-2-1-3-7-5-10-6-8(7)9/h7-8,10H,1-6H2/t7-,8?/m1/s1. The molecule has 2 rings (SSSR count). The normalized spacial score (nSPS) is 38.4. The zero-order valence-corrected chi connectivity index (χ0v) is 6.81. The molecule has 0 radical (unpaired) electrons. The fraction of sp³-hybridized carbons (Fsp3) is 0.889. The maximum Gasteiger partial charge on any atom is 0.137 e. The molecule has 1 aliphatic carbocycles. The van der Waals surface area contributed by atoms with Gasteiger partial charge in [-0.15, -0.1) is 0 Å². The summed E-state index contributed by atoms with van der Waals surface area (Å²) in [7, 11) is 0. The Morgan fingerprint density at radius 2 is 2.18 bits per heavy atom. The number of nitrogens with one attached hydrogen (secondary N) is 1. The molecule has 0 amide bonds. The predicted octanol–water partition coefficient (Wildman–Crippen LogP) is 0.965. The SMILES string of the molecule is O=C1CCCC[C@@H]2CNCC12. The minimum atomic E-state index is 0.373. The van der Waals surface area contributed by atoms with Crippen molar-refractivity contribution in [1.82, 2.24) is 5.32 Å². The van der Waals surface area contributed by atoms with Crippen molar-refractivity contribution >= 4 is 5.78 Å². The number of hydrogen-bond acceptors (Lipinski definition) is 2. The van der Waals surface area contributed by atoms with Gasteiger partial charge in [-0.1, -0.05) is 6.42 Å². The monoisotopic (exact) mass is 153 g/mol. The molecule has 0 aromatic heterocycles. The van der Waals surface area contributed by atoms with Crippen LogP contribution in [0.4, 0.5) is 0 Å². The molecule has 0 aromatic carbocycles. The topological polar surface area (TPSA) is 29.1 Å². The lowest BCUT2D eigenvalue weighted by Crippen LogP contribution is -2.20. The second-order valence-corrected chi connectivity index (χ2v) is 3.74. The van der Waals surface area contributed by atoms with Gasteiger partial charge in [-0.05, 0) is 25.3 Å². The highest BCUT2D eigenvalue weighted by molar-refractivity contribution is 5.82. The minimum Gasteiger partial charge on any atom is -0.316 e. The van der Waals surface area contributed by atoms with Crippen LogP contribution in [0.2, 0.25) is 0 Å². The highest BCUT2D eigenvalue weighted by atomic mass is 16.1. The van der Waals surface area contributed by atoms with Gasteiger partial charge >= 0.3 is 0 Å².